The van der Waals surface area contributed by atoms with Gasteiger partial charge in [-0.3, -0.25) is 0 Å². The molecular weight excluding hydrogens is 267 g/mol. The first-order chi connectivity index (χ1) is 8.04. The molecule has 0 saturated heterocycles. The lowest BCUT2D eigenvalue weighted by molar-refractivity contribution is -0.131. The zero-order chi connectivity index (χ0) is 12.8. The third-order valence-corrected chi connectivity index (χ3v) is 2.34. The average Bonchev–Trinajstić information content (AvgIpc) is 2.25. The van der Waals surface area contributed by atoms with Gasteiger partial charge in [0.15, 0.2) is 5.75 Å². The molecule has 0 radical (unpaired) electrons. The van der Waals surface area contributed by atoms with E-state index in [-0.39, 0.29) is 29.0 Å². The van der Waals surface area contributed by atoms with Crippen molar-refractivity contribution in [2.75, 3.05) is 13.2 Å². The predicted molar refractivity (Wildman–Crippen MR) is 65.7 cm³/mol. The van der Waals surface area contributed by atoms with Gasteiger partial charge in [-0.15, -0.1) is 0 Å². The number of aliphatic hydroxyl groups excluding tert-OH is 1. The lowest BCUT2D eigenvalue weighted by Crippen LogP contribution is -2.02. The van der Waals surface area contributed by atoms with Crippen molar-refractivity contribution in [3.05, 3.63) is 33.8 Å². The van der Waals surface area contributed by atoms with Crippen LogP contribution in [0.3, 0.4) is 0 Å². The number of benzene rings is 1. The Hall–Kier alpha value is -1.23. The predicted octanol–water partition coefficient (Wildman–Crippen LogP) is 2.46. The number of rotatable bonds is 5. The van der Waals surface area contributed by atoms with Crippen LogP contribution in [0.5, 0.6) is 5.75 Å². The van der Waals surface area contributed by atoms with Crippen LogP contribution in [0.25, 0.3) is 6.08 Å². The molecule has 0 fully saturated rings. The van der Waals surface area contributed by atoms with Crippen LogP contribution >= 0.6 is 23.2 Å². The molecule has 2 N–H and O–H groups in total. The molecule has 0 bridgehead atoms. The van der Waals surface area contributed by atoms with Crippen molar-refractivity contribution in [3.63, 3.8) is 0 Å². The van der Waals surface area contributed by atoms with Gasteiger partial charge in [-0.05, 0) is 23.8 Å². The van der Waals surface area contributed by atoms with Crippen LogP contribution in [0.1, 0.15) is 5.56 Å². The van der Waals surface area contributed by atoms with Crippen LogP contribution in [-0.2, 0) is 4.79 Å². The normalized spacial score (nSPS) is 10.8. The highest BCUT2D eigenvalue weighted by atomic mass is 35.5. The smallest absolute Gasteiger partial charge is 0.328 e. The SMILES string of the molecule is O=C(O)C=Cc1cc(Cl)c(OCCO)c(Cl)c1. The zero-order valence-electron chi connectivity index (χ0n) is 8.69. The molecule has 0 amide bonds. The van der Waals surface area contributed by atoms with Crippen molar-refractivity contribution in [2.45, 2.75) is 0 Å². The first kappa shape index (κ1) is 13.8. The minimum atomic E-state index is -1.06. The Morgan fingerprint density at radius 2 is 1.94 bits per heavy atom. The maximum absolute atomic E-state index is 10.3. The molecular formula is C11H10Cl2O4. The first-order valence-corrected chi connectivity index (χ1v) is 5.44. The van der Waals surface area contributed by atoms with Crippen molar-refractivity contribution >= 4 is 35.2 Å². The van der Waals surface area contributed by atoms with E-state index in [9.17, 15) is 4.79 Å². The highest BCUT2D eigenvalue weighted by Crippen LogP contribution is 2.34. The molecule has 0 heterocycles. The summed E-state index contributed by atoms with van der Waals surface area (Å²) >= 11 is 11.8. The van der Waals surface area contributed by atoms with Crippen LogP contribution in [0.4, 0.5) is 0 Å². The van der Waals surface area contributed by atoms with E-state index in [1.807, 2.05) is 0 Å². The summed E-state index contributed by atoms with van der Waals surface area (Å²) in [6.45, 7) is -0.0585. The highest BCUT2D eigenvalue weighted by molar-refractivity contribution is 6.37. The van der Waals surface area contributed by atoms with E-state index in [2.05, 4.69) is 0 Å². The molecule has 92 valence electrons. The van der Waals surface area contributed by atoms with Crippen molar-refractivity contribution in [2.24, 2.45) is 0 Å². The van der Waals surface area contributed by atoms with Crippen LogP contribution in [0, 0.1) is 0 Å². The number of carbonyl (C=O) groups is 1. The van der Waals surface area contributed by atoms with Gasteiger partial charge in [0.05, 0.1) is 16.7 Å². The van der Waals surface area contributed by atoms with Crippen LogP contribution in [-0.4, -0.2) is 29.4 Å². The van der Waals surface area contributed by atoms with E-state index in [0.717, 1.165) is 6.08 Å². The number of hydrogen-bond acceptors (Lipinski definition) is 3. The molecule has 1 rings (SSSR count). The number of ether oxygens (including phenoxy) is 1. The van der Waals surface area contributed by atoms with Crippen molar-refractivity contribution in [1.29, 1.82) is 0 Å². The quantitative estimate of drug-likeness (QED) is 0.811. The number of carboxylic acid groups (broad SMARTS) is 1. The zero-order valence-corrected chi connectivity index (χ0v) is 10.2. The second-order valence-corrected chi connectivity index (χ2v) is 3.87. The maximum Gasteiger partial charge on any atom is 0.328 e. The summed E-state index contributed by atoms with van der Waals surface area (Å²) < 4.78 is 5.14. The summed E-state index contributed by atoms with van der Waals surface area (Å²) in [6, 6.07) is 3.05. The van der Waals surface area contributed by atoms with Crippen molar-refractivity contribution < 1.29 is 19.7 Å². The average molecular weight is 277 g/mol. The van der Waals surface area contributed by atoms with E-state index >= 15 is 0 Å². The summed E-state index contributed by atoms with van der Waals surface area (Å²) in [5.74, 6) is -0.785. The molecule has 4 nitrogen and oxygen atoms in total. The van der Waals surface area contributed by atoms with Gasteiger partial charge in [0.2, 0.25) is 0 Å². The molecule has 0 unspecified atom stereocenters. The van der Waals surface area contributed by atoms with Gasteiger partial charge in [0, 0.05) is 6.08 Å². The van der Waals surface area contributed by atoms with Gasteiger partial charge in [-0.2, -0.15) is 0 Å². The standard InChI is InChI=1S/C11H10Cl2O4/c12-8-5-7(1-2-10(15)16)6-9(13)11(8)17-4-3-14/h1-2,5-6,14H,3-4H2,(H,15,16). The van der Waals surface area contributed by atoms with E-state index in [4.69, 9.17) is 38.2 Å². The number of carboxylic acids is 1. The third-order valence-electron chi connectivity index (χ3n) is 1.78. The van der Waals surface area contributed by atoms with E-state index in [1.165, 1.54) is 18.2 Å². The van der Waals surface area contributed by atoms with Gasteiger partial charge in [0.25, 0.3) is 0 Å². The second kappa shape index (κ2) is 6.49. The topological polar surface area (TPSA) is 66.8 Å². The van der Waals surface area contributed by atoms with Crippen molar-refractivity contribution in [1.82, 2.24) is 0 Å². The molecule has 17 heavy (non-hydrogen) atoms. The molecule has 0 aliphatic heterocycles. The Morgan fingerprint density at radius 1 is 1.35 bits per heavy atom. The fraction of sp³-hybridized carbons (Fsp3) is 0.182. The molecule has 1 aromatic carbocycles. The van der Waals surface area contributed by atoms with E-state index < -0.39 is 5.97 Å². The summed E-state index contributed by atoms with van der Waals surface area (Å²) in [4.78, 5) is 10.3. The second-order valence-electron chi connectivity index (χ2n) is 3.06. The Kier molecular flexibility index (Phi) is 5.28. The number of aliphatic hydroxyl groups is 1. The maximum atomic E-state index is 10.3. The molecule has 0 saturated carbocycles. The van der Waals surface area contributed by atoms with Gasteiger partial charge < -0.3 is 14.9 Å². The van der Waals surface area contributed by atoms with Gasteiger partial charge >= 0.3 is 5.97 Å². The van der Waals surface area contributed by atoms with Gasteiger partial charge in [-0.1, -0.05) is 23.2 Å². The Labute approximate surface area is 108 Å². The summed E-state index contributed by atoms with van der Waals surface area (Å²) in [7, 11) is 0. The monoisotopic (exact) mass is 276 g/mol. The van der Waals surface area contributed by atoms with Crippen LogP contribution in [0.15, 0.2) is 18.2 Å². The van der Waals surface area contributed by atoms with E-state index in [0.29, 0.717) is 5.56 Å². The fourth-order valence-electron chi connectivity index (χ4n) is 1.13. The molecule has 0 aliphatic rings. The Balaban J connectivity index is 2.96. The Morgan fingerprint density at radius 3 is 2.41 bits per heavy atom. The van der Waals surface area contributed by atoms with Crippen LogP contribution in [0.2, 0.25) is 10.0 Å². The summed E-state index contributed by atoms with van der Waals surface area (Å²) in [6.07, 6.45) is 2.35. The van der Waals surface area contributed by atoms with Crippen molar-refractivity contribution in [3.8, 4) is 5.75 Å². The minimum absolute atomic E-state index is 0.0871. The summed E-state index contributed by atoms with van der Waals surface area (Å²) in [5, 5.41) is 17.6. The van der Waals surface area contributed by atoms with Gasteiger partial charge in [0.1, 0.15) is 6.61 Å². The third kappa shape index (κ3) is 4.26. The molecule has 0 spiro atoms. The molecule has 0 atom stereocenters. The minimum Gasteiger partial charge on any atom is -0.488 e. The summed E-state index contributed by atoms with van der Waals surface area (Å²) in [5.41, 5.74) is 0.554. The number of aliphatic carboxylic acids is 1. The lowest BCUT2D eigenvalue weighted by Gasteiger charge is -2.09. The number of hydrogen-bond donors (Lipinski definition) is 2. The fourth-order valence-corrected chi connectivity index (χ4v) is 1.74. The molecule has 6 heteroatoms. The van der Waals surface area contributed by atoms with Gasteiger partial charge in [-0.25, -0.2) is 4.79 Å². The molecule has 0 aliphatic carbocycles. The Bertz CT molecular complexity index is 420. The first-order valence-electron chi connectivity index (χ1n) is 4.68. The van der Waals surface area contributed by atoms with E-state index in [1.54, 1.807) is 0 Å². The largest absolute Gasteiger partial charge is 0.488 e. The molecule has 0 aromatic heterocycles. The lowest BCUT2D eigenvalue weighted by atomic mass is 10.2. The number of halogens is 2. The highest BCUT2D eigenvalue weighted by Gasteiger charge is 2.08. The van der Waals surface area contributed by atoms with Crippen LogP contribution < -0.4 is 4.74 Å². The molecule has 1 aromatic rings.